The van der Waals surface area contributed by atoms with Crippen LogP contribution in [0.15, 0.2) is 42.5 Å². The number of hydrogen-bond donors (Lipinski definition) is 1. The van der Waals surface area contributed by atoms with Crippen LogP contribution >= 0.6 is 0 Å². The maximum Gasteiger partial charge on any atom is 0.262 e. The molecule has 1 saturated heterocycles. The number of amides is 1. The Hall–Kier alpha value is -2.33. The van der Waals surface area contributed by atoms with E-state index in [1.54, 1.807) is 0 Å². The molecule has 0 aliphatic carbocycles. The number of carbonyl (C=O) groups is 1. The van der Waals surface area contributed by atoms with Crippen LogP contribution in [0.1, 0.15) is 55.7 Å². The fourth-order valence-corrected chi connectivity index (χ4v) is 3.65. The minimum Gasteiger partial charge on any atom is -0.483 e. The molecule has 0 bridgehead atoms. The molecule has 0 aromatic heterocycles. The van der Waals surface area contributed by atoms with Crippen molar-refractivity contribution in [2.24, 2.45) is 0 Å². The third-order valence-electron chi connectivity index (χ3n) is 5.24. The molecule has 3 rings (SSSR count). The van der Waals surface area contributed by atoms with Crippen LogP contribution in [0.4, 0.5) is 5.69 Å². The molecule has 0 saturated carbocycles. The van der Waals surface area contributed by atoms with Gasteiger partial charge in [-0.1, -0.05) is 44.5 Å². The monoisotopic (exact) mass is 380 g/mol. The molecule has 1 amide bonds. The first kappa shape index (κ1) is 20.4. The first-order valence-electron chi connectivity index (χ1n) is 10.4. The lowest BCUT2D eigenvalue weighted by molar-refractivity contribution is -0.118. The van der Waals surface area contributed by atoms with Gasteiger partial charge in [0, 0.05) is 12.2 Å². The molecule has 28 heavy (non-hydrogen) atoms. The van der Waals surface area contributed by atoms with E-state index in [0.29, 0.717) is 5.92 Å². The molecule has 2 aromatic carbocycles. The van der Waals surface area contributed by atoms with Gasteiger partial charge in [-0.05, 0) is 73.7 Å². The third kappa shape index (κ3) is 5.83. The zero-order valence-electron chi connectivity index (χ0n) is 17.3. The van der Waals surface area contributed by atoms with E-state index in [9.17, 15) is 4.79 Å². The second kappa shape index (κ2) is 9.74. The predicted octanol–water partition coefficient (Wildman–Crippen LogP) is 5.12. The van der Waals surface area contributed by atoms with Gasteiger partial charge in [0.15, 0.2) is 6.61 Å². The summed E-state index contributed by atoms with van der Waals surface area (Å²) in [6.07, 6.45) is 3.95. The molecule has 4 nitrogen and oxygen atoms in total. The molecule has 0 spiro atoms. The van der Waals surface area contributed by atoms with Gasteiger partial charge in [-0.3, -0.25) is 9.69 Å². The smallest absolute Gasteiger partial charge is 0.262 e. The van der Waals surface area contributed by atoms with E-state index in [1.807, 2.05) is 25.1 Å². The summed E-state index contributed by atoms with van der Waals surface area (Å²) in [5.41, 5.74) is 4.35. The summed E-state index contributed by atoms with van der Waals surface area (Å²) in [5.74, 6) is 1.01. The number of aryl methyl sites for hydroxylation is 1. The van der Waals surface area contributed by atoms with Crippen molar-refractivity contribution in [2.75, 3.05) is 25.0 Å². The van der Waals surface area contributed by atoms with E-state index < -0.39 is 0 Å². The number of nitrogens with zero attached hydrogens (tertiary/aromatic N) is 1. The Balaban J connectivity index is 1.51. The van der Waals surface area contributed by atoms with E-state index in [-0.39, 0.29) is 12.5 Å². The van der Waals surface area contributed by atoms with Gasteiger partial charge < -0.3 is 10.1 Å². The average Bonchev–Trinajstić information content (AvgIpc) is 2.68. The topological polar surface area (TPSA) is 41.6 Å². The summed E-state index contributed by atoms with van der Waals surface area (Å²) in [4.78, 5) is 14.8. The molecule has 1 N–H and O–H groups in total. The van der Waals surface area contributed by atoms with Crippen LogP contribution in [0, 0.1) is 6.92 Å². The Morgan fingerprint density at radius 3 is 2.46 bits per heavy atom. The number of hydrogen-bond acceptors (Lipinski definition) is 3. The van der Waals surface area contributed by atoms with Gasteiger partial charge in [0.05, 0.1) is 0 Å². The lowest BCUT2D eigenvalue weighted by Crippen LogP contribution is -2.29. The molecular formula is C24H32N2O2. The van der Waals surface area contributed by atoms with Crippen molar-refractivity contribution in [3.8, 4) is 5.75 Å². The number of ether oxygens (including phenoxy) is 1. The number of anilines is 1. The summed E-state index contributed by atoms with van der Waals surface area (Å²) >= 11 is 0. The fourth-order valence-electron chi connectivity index (χ4n) is 3.65. The maximum absolute atomic E-state index is 12.3. The fraction of sp³-hybridized carbons (Fsp3) is 0.458. The van der Waals surface area contributed by atoms with Crippen LogP contribution in [0.25, 0.3) is 0 Å². The van der Waals surface area contributed by atoms with Gasteiger partial charge in [0.25, 0.3) is 5.91 Å². The zero-order chi connectivity index (χ0) is 19.9. The molecule has 1 aliphatic rings. The largest absolute Gasteiger partial charge is 0.483 e. The molecule has 2 aromatic rings. The van der Waals surface area contributed by atoms with Crippen molar-refractivity contribution in [1.82, 2.24) is 4.90 Å². The molecular weight excluding hydrogens is 348 g/mol. The molecule has 0 unspecified atom stereocenters. The lowest BCUT2D eigenvalue weighted by atomic mass is 10.0. The van der Waals surface area contributed by atoms with Crippen molar-refractivity contribution in [1.29, 1.82) is 0 Å². The van der Waals surface area contributed by atoms with Crippen molar-refractivity contribution in [3.05, 3.63) is 59.2 Å². The number of likely N-dealkylation sites (tertiary alicyclic amines) is 1. The Morgan fingerprint density at radius 1 is 1.07 bits per heavy atom. The van der Waals surface area contributed by atoms with Gasteiger partial charge >= 0.3 is 0 Å². The van der Waals surface area contributed by atoms with E-state index in [2.05, 4.69) is 48.3 Å². The van der Waals surface area contributed by atoms with Crippen molar-refractivity contribution in [2.45, 2.75) is 52.5 Å². The Labute approximate surface area is 168 Å². The normalized spacial score (nSPS) is 14.9. The standard InChI is InChI=1S/C24H32N2O2/c1-18(2)22-12-7-19(3)15-23(22)28-17-24(27)25-21-10-8-20(9-11-21)16-26-13-5-4-6-14-26/h7-12,15,18H,4-6,13-14,16-17H2,1-3H3,(H,25,27). The zero-order valence-corrected chi connectivity index (χ0v) is 17.3. The van der Waals surface area contributed by atoms with Crippen molar-refractivity contribution >= 4 is 11.6 Å². The Morgan fingerprint density at radius 2 is 1.79 bits per heavy atom. The minimum absolute atomic E-state index is 0.0126. The van der Waals surface area contributed by atoms with Gasteiger partial charge in [-0.25, -0.2) is 0 Å². The van der Waals surface area contributed by atoms with Crippen LogP contribution < -0.4 is 10.1 Å². The van der Waals surface area contributed by atoms with E-state index in [0.717, 1.165) is 29.1 Å². The molecule has 1 aliphatic heterocycles. The van der Waals surface area contributed by atoms with Gasteiger partial charge in [0.1, 0.15) is 5.75 Å². The summed E-state index contributed by atoms with van der Waals surface area (Å²) in [5, 5.41) is 2.93. The minimum atomic E-state index is -0.139. The van der Waals surface area contributed by atoms with Gasteiger partial charge in [-0.15, -0.1) is 0 Å². The van der Waals surface area contributed by atoms with Crippen LogP contribution in [0.5, 0.6) is 5.75 Å². The average molecular weight is 381 g/mol. The summed E-state index contributed by atoms with van der Waals surface area (Å²) in [7, 11) is 0. The van der Waals surface area contributed by atoms with Crippen LogP contribution in [-0.4, -0.2) is 30.5 Å². The highest BCUT2D eigenvalue weighted by Crippen LogP contribution is 2.27. The highest BCUT2D eigenvalue weighted by atomic mass is 16.5. The van der Waals surface area contributed by atoms with Crippen LogP contribution in [-0.2, 0) is 11.3 Å². The second-order valence-electron chi connectivity index (χ2n) is 8.07. The van der Waals surface area contributed by atoms with Crippen LogP contribution in [0.3, 0.4) is 0 Å². The number of carbonyl (C=O) groups excluding carboxylic acids is 1. The number of rotatable bonds is 7. The second-order valence-corrected chi connectivity index (χ2v) is 8.07. The summed E-state index contributed by atoms with van der Waals surface area (Å²) in [6, 6.07) is 14.3. The molecule has 4 heteroatoms. The maximum atomic E-state index is 12.3. The number of benzene rings is 2. The highest BCUT2D eigenvalue weighted by Gasteiger charge is 2.12. The molecule has 1 heterocycles. The van der Waals surface area contributed by atoms with E-state index in [1.165, 1.54) is 37.9 Å². The van der Waals surface area contributed by atoms with Crippen molar-refractivity contribution in [3.63, 3.8) is 0 Å². The van der Waals surface area contributed by atoms with Crippen LogP contribution in [0.2, 0.25) is 0 Å². The summed E-state index contributed by atoms with van der Waals surface area (Å²) in [6.45, 7) is 9.66. The van der Waals surface area contributed by atoms with E-state index in [4.69, 9.17) is 4.74 Å². The first-order chi connectivity index (χ1) is 13.5. The molecule has 1 fully saturated rings. The Kier molecular flexibility index (Phi) is 7.10. The lowest BCUT2D eigenvalue weighted by Gasteiger charge is -2.26. The predicted molar refractivity (Wildman–Crippen MR) is 115 cm³/mol. The van der Waals surface area contributed by atoms with Gasteiger partial charge in [0.2, 0.25) is 0 Å². The molecule has 150 valence electrons. The van der Waals surface area contributed by atoms with Gasteiger partial charge in [-0.2, -0.15) is 0 Å². The highest BCUT2D eigenvalue weighted by molar-refractivity contribution is 5.91. The van der Waals surface area contributed by atoms with Crippen molar-refractivity contribution < 1.29 is 9.53 Å². The summed E-state index contributed by atoms with van der Waals surface area (Å²) < 4.78 is 5.82. The quantitative estimate of drug-likeness (QED) is 0.725. The number of nitrogens with one attached hydrogen (secondary N) is 1. The SMILES string of the molecule is Cc1ccc(C(C)C)c(OCC(=O)Nc2ccc(CN3CCCCC3)cc2)c1. The van der Waals surface area contributed by atoms with E-state index >= 15 is 0 Å². The number of piperidine rings is 1. The first-order valence-corrected chi connectivity index (χ1v) is 10.4. The Bertz CT molecular complexity index is 778. The molecule has 0 radical (unpaired) electrons. The molecule has 0 atom stereocenters. The third-order valence-corrected chi connectivity index (χ3v) is 5.24.